The van der Waals surface area contributed by atoms with Crippen LogP contribution in [0.2, 0.25) is 0 Å². The number of hydrogen-bond donors (Lipinski definition) is 0. The van der Waals surface area contributed by atoms with E-state index in [4.69, 9.17) is 4.74 Å². The molecule has 2 aliphatic carbocycles. The van der Waals surface area contributed by atoms with Crippen LogP contribution in [0.5, 0.6) is 5.75 Å². The van der Waals surface area contributed by atoms with E-state index in [1.807, 2.05) is 25.1 Å². The summed E-state index contributed by atoms with van der Waals surface area (Å²) < 4.78 is 5.19. The minimum absolute atomic E-state index is 0.319. The van der Waals surface area contributed by atoms with Crippen molar-refractivity contribution < 1.29 is 9.53 Å². The summed E-state index contributed by atoms with van der Waals surface area (Å²) in [7, 11) is 1.66. The second-order valence-electron chi connectivity index (χ2n) is 5.68. The number of carbonyl (C=O) groups excluding carboxylic acids is 1. The first-order chi connectivity index (χ1) is 8.72. The average molecular weight is 244 g/mol. The van der Waals surface area contributed by atoms with Crippen molar-refractivity contribution in [3.05, 3.63) is 29.3 Å². The Balaban J connectivity index is 1.81. The normalized spacial score (nSPS) is 29.6. The van der Waals surface area contributed by atoms with Gasteiger partial charge in [-0.1, -0.05) is 12.8 Å². The van der Waals surface area contributed by atoms with E-state index in [1.54, 1.807) is 7.11 Å². The molecule has 0 spiro atoms. The molecule has 96 valence electrons. The first-order valence-corrected chi connectivity index (χ1v) is 6.91. The highest BCUT2D eigenvalue weighted by Crippen LogP contribution is 2.56. The van der Waals surface area contributed by atoms with Gasteiger partial charge in [-0.2, -0.15) is 0 Å². The molecule has 3 rings (SSSR count). The SMILES string of the molecule is COc1ccc(C(=O)C2C3CCCCC32)c(C)c1. The Morgan fingerprint density at radius 2 is 1.89 bits per heavy atom. The van der Waals surface area contributed by atoms with Gasteiger partial charge in [0.05, 0.1) is 7.11 Å². The summed E-state index contributed by atoms with van der Waals surface area (Å²) in [6, 6.07) is 5.78. The number of aryl methyl sites for hydroxylation is 1. The fraction of sp³-hybridized carbons (Fsp3) is 0.562. The lowest BCUT2D eigenvalue weighted by Crippen LogP contribution is -2.06. The molecule has 0 aliphatic heterocycles. The maximum absolute atomic E-state index is 12.6. The second kappa shape index (κ2) is 4.42. The van der Waals surface area contributed by atoms with Crippen LogP contribution >= 0.6 is 0 Å². The molecule has 1 aromatic carbocycles. The Morgan fingerprint density at radius 1 is 1.22 bits per heavy atom. The van der Waals surface area contributed by atoms with Gasteiger partial charge in [-0.3, -0.25) is 4.79 Å². The van der Waals surface area contributed by atoms with Gasteiger partial charge in [0, 0.05) is 11.5 Å². The average Bonchev–Trinajstić information content (AvgIpc) is 3.12. The Hall–Kier alpha value is -1.31. The van der Waals surface area contributed by atoms with Crippen LogP contribution in [-0.2, 0) is 0 Å². The molecule has 0 aromatic heterocycles. The smallest absolute Gasteiger partial charge is 0.166 e. The monoisotopic (exact) mass is 244 g/mol. The van der Waals surface area contributed by atoms with Crippen LogP contribution in [0.4, 0.5) is 0 Å². The lowest BCUT2D eigenvalue weighted by molar-refractivity contribution is 0.0955. The number of methoxy groups -OCH3 is 1. The molecule has 2 unspecified atom stereocenters. The van der Waals surface area contributed by atoms with Crippen molar-refractivity contribution in [1.29, 1.82) is 0 Å². The van der Waals surface area contributed by atoms with E-state index in [9.17, 15) is 4.79 Å². The minimum atomic E-state index is 0.319. The van der Waals surface area contributed by atoms with Crippen molar-refractivity contribution in [2.24, 2.45) is 17.8 Å². The van der Waals surface area contributed by atoms with Crippen molar-refractivity contribution in [3.8, 4) is 5.75 Å². The van der Waals surface area contributed by atoms with Crippen LogP contribution in [0.1, 0.15) is 41.6 Å². The number of ether oxygens (including phenoxy) is 1. The fourth-order valence-corrected chi connectivity index (χ4v) is 3.60. The predicted octanol–water partition coefficient (Wildman–Crippen LogP) is 3.62. The molecule has 2 atom stereocenters. The lowest BCUT2D eigenvalue weighted by atomic mass is 10.00. The van der Waals surface area contributed by atoms with Gasteiger partial charge < -0.3 is 4.74 Å². The standard InChI is InChI=1S/C16H20O2/c1-10-9-11(18-2)7-8-12(10)16(17)15-13-5-3-4-6-14(13)15/h7-9,13-15H,3-6H2,1-2H3. The van der Waals surface area contributed by atoms with E-state index in [1.165, 1.54) is 25.7 Å². The highest BCUT2D eigenvalue weighted by atomic mass is 16.5. The molecule has 18 heavy (non-hydrogen) atoms. The Labute approximate surface area is 108 Å². The summed E-state index contributed by atoms with van der Waals surface area (Å²) in [5.74, 6) is 2.89. The number of rotatable bonds is 3. The van der Waals surface area contributed by atoms with Gasteiger partial charge in [0.25, 0.3) is 0 Å². The minimum Gasteiger partial charge on any atom is -0.497 e. The number of benzene rings is 1. The molecular formula is C16H20O2. The molecule has 0 amide bonds. The third-order valence-corrected chi connectivity index (χ3v) is 4.66. The third kappa shape index (κ3) is 1.84. The van der Waals surface area contributed by atoms with Crippen molar-refractivity contribution >= 4 is 5.78 Å². The number of carbonyl (C=O) groups is 1. The molecule has 2 aliphatic rings. The molecule has 0 saturated heterocycles. The topological polar surface area (TPSA) is 26.3 Å². The second-order valence-corrected chi connectivity index (χ2v) is 5.68. The van der Waals surface area contributed by atoms with E-state index in [2.05, 4.69) is 0 Å². The molecule has 0 heterocycles. The fourth-order valence-electron chi connectivity index (χ4n) is 3.60. The highest BCUT2D eigenvalue weighted by Gasteiger charge is 2.54. The largest absolute Gasteiger partial charge is 0.497 e. The van der Waals surface area contributed by atoms with Gasteiger partial charge in [-0.15, -0.1) is 0 Å². The summed E-state index contributed by atoms with van der Waals surface area (Å²) in [6.45, 7) is 2.00. The quantitative estimate of drug-likeness (QED) is 0.759. The van der Waals surface area contributed by atoms with E-state index in [0.29, 0.717) is 23.5 Å². The predicted molar refractivity (Wildman–Crippen MR) is 71.0 cm³/mol. The first kappa shape index (κ1) is 11.8. The number of hydrogen-bond acceptors (Lipinski definition) is 2. The molecule has 1 aromatic rings. The van der Waals surface area contributed by atoms with Crippen LogP contribution in [0.15, 0.2) is 18.2 Å². The van der Waals surface area contributed by atoms with Gasteiger partial charge in [0.2, 0.25) is 0 Å². The van der Waals surface area contributed by atoms with Crippen molar-refractivity contribution in [1.82, 2.24) is 0 Å². The maximum atomic E-state index is 12.6. The Kier molecular flexibility index (Phi) is 2.89. The summed E-state index contributed by atoms with van der Waals surface area (Å²) in [4.78, 5) is 12.6. The lowest BCUT2D eigenvalue weighted by Gasteiger charge is -2.07. The highest BCUT2D eigenvalue weighted by molar-refractivity contribution is 6.01. The zero-order valence-electron chi connectivity index (χ0n) is 11.1. The number of fused-ring (bicyclic) bond motifs is 1. The van der Waals surface area contributed by atoms with Crippen molar-refractivity contribution in [2.75, 3.05) is 7.11 Å². The molecule has 2 saturated carbocycles. The van der Waals surface area contributed by atoms with E-state index in [-0.39, 0.29) is 0 Å². The molecule has 0 bridgehead atoms. The van der Waals surface area contributed by atoms with Gasteiger partial charge in [0.15, 0.2) is 5.78 Å². The zero-order valence-corrected chi connectivity index (χ0v) is 11.1. The van der Waals surface area contributed by atoms with E-state index >= 15 is 0 Å². The number of Topliss-reactive ketones (excluding diaryl/α,β-unsaturated/α-hetero) is 1. The van der Waals surface area contributed by atoms with E-state index in [0.717, 1.165) is 16.9 Å². The molecule has 0 N–H and O–H groups in total. The van der Waals surface area contributed by atoms with Crippen LogP contribution < -0.4 is 4.74 Å². The van der Waals surface area contributed by atoms with Crippen molar-refractivity contribution in [3.63, 3.8) is 0 Å². The van der Waals surface area contributed by atoms with Gasteiger partial charge in [-0.05, 0) is 55.4 Å². The Morgan fingerprint density at radius 3 is 2.44 bits per heavy atom. The van der Waals surface area contributed by atoms with Crippen LogP contribution in [0.3, 0.4) is 0 Å². The molecule has 2 heteroatoms. The van der Waals surface area contributed by atoms with Crippen LogP contribution in [0, 0.1) is 24.7 Å². The van der Waals surface area contributed by atoms with Crippen LogP contribution in [-0.4, -0.2) is 12.9 Å². The molecular weight excluding hydrogens is 224 g/mol. The van der Waals surface area contributed by atoms with Crippen LogP contribution in [0.25, 0.3) is 0 Å². The Bertz CT molecular complexity index is 466. The summed E-state index contributed by atoms with van der Waals surface area (Å²) in [5, 5.41) is 0. The van der Waals surface area contributed by atoms with Gasteiger partial charge >= 0.3 is 0 Å². The number of ketones is 1. The van der Waals surface area contributed by atoms with Gasteiger partial charge in [0.1, 0.15) is 5.75 Å². The molecule has 0 radical (unpaired) electrons. The van der Waals surface area contributed by atoms with Crippen molar-refractivity contribution in [2.45, 2.75) is 32.6 Å². The molecule has 2 nitrogen and oxygen atoms in total. The van der Waals surface area contributed by atoms with Gasteiger partial charge in [-0.25, -0.2) is 0 Å². The zero-order chi connectivity index (χ0) is 12.7. The maximum Gasteiger partial charge on any atom is 0.166 e. The third-order valence-electron chi connectivity index (χ3n) is 4.66. The van der Waals surface area contributed by atoms with E-state index < -0.39 is 0 Å². The summed E-state index contributed by atoms with van der Waals surface area (Å²) in [6.07, 6.45) is 5.14. The summed E-state index contributed by atoms with van der Waals surface area (Å²) in [5.41, 5.74) is 1.94. The first-order valence-electron chi connectivity index (χ1n) is 6.91. The summed E-state index contributed by atoms with van der Waals surface area (Å²) >= 11 is 0. The molecule has 2 fully saturated rings.